The number of nitro groups is 1. The molecule has 21 heavy (non-hydrogen) atoms. The third-order valence-electron chi connectivity index (χ3n) is 3.01. The van der Waals surface area contributed by atoms with Crippen molar-refractivity contribution in [3.63, 3.8) is 0 Å². The van der Waals surface area contributed by atoms with Crippen molar-refractivity contribution in [2.24, 2.45) is 0 Å². The average Bonchev–Trinajstić information content (AvgIpc) is 2.82. The Morgan fingerprint density at radius 1 is 1.29 bits per heavy atom. The number of halogens is 1. The summed E-state index contributed by atoms with van der Waals surface area (Å²) in [4.78, 5) is 14.5. The third kappa shape index (κ3) is 2.68. The predicted octanol–water partition coefficient (Wildman–Crippen LogP) is 3.64. The summed E-state index contributed by atoms with van der Waals surface area (Å²) in [5, 5.41) is 21.2. The van der Waals surface area contributed by atoms with Crippen molar-refractivity contribution in [3.8, 4) is 5.75 Å². The highest BCUT2D eigenvalue weighted by molar-refractivity contribution is 7.18. The maximum atomic E-state index is 13.1. The lowest BCUT2D eigenvalue weighted by atomic mass is 10.1. The maximum Gasteiger partial charge on any atom is 0.269 e. The second-order valence-corrected chi connectivity index (χ2v) is 5.58. The van der Waals surface area contributed by atoms with Crippen LogP contribution >= 0.6 is 11.3 Å². The Balaban J connectivity index is 1.98. The van der Waals surface area contributed by atoms with Gasteiger partial charge in [-0.05, 0) is 18.2 Å². The molecule has 0 spiro atoms. The van der Waals surface area contributed by atoms with Crippen LogP contribution < -0.4 is 0 Å². The van der Waals surface area contributed by atoms with Crippen LogP contribution in [-0.4, -0.2) is 15.0 Å². The van der Waals surface area contributed by atoms with Crippen LogP contribution in [0.5, 0.6) is 5.75 Å². The minimum atomic E-state index is -0.517. The molecule has 0 saturated heterocycles. The number of benzene rings is 2. The van der Waals surface area contributed by atoms with Crippen LogP contribution in [0.4, 0.5) is 10.1 Å². The molecule has 0 aliphatic carbocycles. The van der Waals surface area contributed by atoms with Gasteiger partial charge in [-0.25, -0.2) is 9.37 Å². The van der Waals surface area contributed by atoms with Crippen molar-refractivity contribution in [1.29, 1.82) is 0 Å². The maximum absolute atomic E-state index is 13.1. The molecular weight excluding hydrogens is 295 g/mol. The summed E-state index contributed by atoms with van der Waals surface area (Å²) in [5.41, 5.74) is 0.874. The van der Waals surface area contributed by atoms with Crippen LogP contribution in [0.1, 0.15) is 10.6 Å². The van der Waals surface area contributed by atoms with Gasteiger partial charge in [0.05, 0.1) is 20.1 Å². The molecule has 0 unspecified atom stereocenters. The van der Waals surface area contributed by atoms with E-state index in [9.17, 15) is 19.6 Å². The summed E-state index contributed by atoms with van der Waals surface area (Å²) in [6.45, 7) is 0. The van der Waals surface area contributed by atoms with Crippen LogP contribution in [0.3, 0.4) is 0 Å². The van der Waals surface area contributed by atoms with Gasteiger partial charge in [0, 0.05) is 30.2 Å². The van der Waals surface area contributed by atoms with Gasteiger partial charge >= 0.3 is 0 Å². The number of aromatic hydroxyl groups is 1. The summed E-state index contributed by atoms with van der Waals surface area (Å²) < 4.78 is 14.0. The zero-order valence-electron chi connectivity index (χ0n) is 10.6. The summed E-state index contributed by atoms with van der Waals surface area (Å²) in [6.07, 6.45) is 0.258. The smallest absolute Gasteiger partial charge is 0.269 e. The van der Waals surface area contributed by atoms with Gasteiger partial charge in [0.15, 0.2) is 0 Å². The number of non-ortho nitro benzene ring substituents is 1. The molecule has 0 radical (unpaired) electrons. The van der Waals surface area contributed by atoms with Crippen LogP contribution in [-0.2, 0) is 6.42 Å². The fourth-order valence-electron chi connectivity index (χ4n) is 2.01. The quantitative estimate of drug-likeness (QED) is 0.592. The van der Waals surface area contributed by atoms with Gasteiger partial charge in [-0.15, -0.1) is 11.3 Å². The molecule has 106 valence electrons. The summed E-state index contributed by atoms with van der Waals surface area (Å²) in [7, 11) is 0. The van der Waals surface area contributed by atoms with E-state index < -0.39 is 4.92 Å². The second kappa shape index (κ2) is 5.10. The number of rotatable bonds is 3. The number of hydrogen-bond acceptors (Lipinski definition) is 5. The van der Waals surface area contributed by atoms with E-state index in [1.807, 2.05) is 0 Å². The second-order valence-electron chi connectivity index (χ2n) is 4.47. The average molecular weight is 304 g/mol. The van der Waals surface area contributed by atoms with Gasteiger partial charge in [0.25, 0.3) is 5.69 Å². The van der Waals surface area contributed by atoms with E-state index in [2.05, 4.69) is 4.98 Å². The molecule has 3 rings (SSSR count). The lowest BCUT2D eigenvalue weighted by molar-refractivity contribution is -0.384. The third-order valence-corrected chi connectivity index (χ3v) is 4.05. The zero-order valence-corrected chi connectivity index (χ0v) is 11.4. The normalized spacial score (nSPS) is 10.9. The Labute approximate surface area is 122 Å². The van der Waals surface area contributed by atoms with Crippen molar-refractivity contribution in [3.05, 3.63) is 62.9 Å². The van der Waals surface area contributed by atoms with Gasteiger partial charge in [0.1, 0.15) is 11.6 Å². The van der Waals surface area contributed by atoms with Gasteiger partial charge in [-0.3, -0.25) is 10.1 Å². The Bertz CT molecular complexity index is 847. The van der Waals surface area contributed by atoms with Crippen LogP contribution in [0.15, 0.2) is 36.4 Å². The first-order chi connectivity index (χ1) is 10.0. The minimum Gasteiger partial charge on any atom is -0.508 e. The van der Waals surface area contributed by atoms with Crippen molar-refractivity contribution in [2.45, 2.75) is 6.42 Å². The van der Waals surface area contributed by atoms with E-state index in [4.69, 9.17) is 0 Å². The Hall–Kier alpha value is -2.54. The molecule has 0 fully saturated rings. The molecular formula is C14H9FN2O3S. The molecule has 0 amide bonds. The van der Waals surface area contributed by atoms with E-state index in [0.29, 0.717) is 16.1 Å². The van der Waals surface area contributed by atoms with Gasteiger partial charge in [-0.2, -0.15) is 0 Å². The van der Waals surface area contributed by atoms with Gasteiger partial charge in [-0.1, -0.05) is 0 Å². The van der Waals surface area contributed by atoms with Crippen molar-refractivity contribution >= 4 is 27.2 Å². The van der Waals surface area contributed by atoms with E-state index in [0.717, 1.165) is 4.70 Å². The highest BCUT2D eigenvalue weighted by atomic mass is 32.1. The molecule has 1 N–H and O–H groups in total. The number of phenols is 1. The first-order valence-electron chi connectivity index (χ1n) is 6.04. The number of fused-ring (bicyclic) bond motifs is 1. The van der Waals surface area contributed by atoms with Crippen LogP contribution in [0.2, 0.25) is 0 Å². The Morgan fingerprint density at radius 2 is 2.10 bits per heavy atom. The minimum absolute atomic E-state index is 0.0222. The molecule has 1 aromatic heterocycles. The van der Waals surface area contributed by atoms with Gasteiger partial charge in [0.2, 0.25) is 0 Å². The van der Waals surface area contributed by atoms with Crippen LogP contribution in [0, 0.1) is 15.9 Å². The number of nitro benzene ring substituents is 1. The number of nitrogens with zero attached hydrogens (tertiary/aromatic N) is 2. The molecule has 3 aromatic rings. The number of aromatic nitrogens is 1. The first-order valence-corrected chi connectivity index (χ1v) is 6.86. The fourth-order valence-corrected chi connectivity index (χ4v) is 2.98. The molecule has 7 heteroatoms. The van der Waals surface area contributed by atoms with Crippen molar-refractivity contribution in [2.75, 3.05) is 0 Å². The first kappa shape index (κ1) is 13.4. The summed E-state index contributed by atoms with van der Waals surface area (Å²) >= 11 is 1.37. The van der Waals surface area contributed by atoms with Crippen molar-refractivity contribution in [1.82, 2.24) is 4.98 Å². The largest absolute Gasteiger partial charge is 0.508 e. The Kier molecular flexibility index (Phi) is 3.26. The summed E-state index contributed by atoms with van der Waals surface area (Å²) in [6, 6.07) is 8.19. The molecule has 0 aliphatic rings. The van der Waals surface area contributed by atoms with Crippen molar-refractivity contribution < 1.29 is 14.4 Å². The molecule has 1 heterocycles. The standard InChI is InChI=1S/C14H9FN2O3S/c15-9-1-4-13-11(7-9)16-14(21-13)6-8-5-10(17(19)20)2-3-12(8)18/h1-5,7,18H,6H2. The molecule has 2 aromatic carbocycles. The molecule has 0 saturated carbocycles. The lowest BCUT2D eigenvalue weighted by Crippen LogP contribution is -1.92. The monoisotopic (exact) mass is 304 g/mol. The van der Waals surface area contributed by atoms with E-state index in [1.165, 1.54) is 41.7 Å². The number of phenolic OH excluding ortho intramolecular Hbond substituents is 1. The fraction of sp³-hybridized carbons (Fsp3) is 0.0714. The Morgan fingerprint density at radius 3 is 2.86 bits per heavy atom. The topological polar surface area (TPSA) is 76.3 Å². The zero-order chi connectivity index (χ0) is 15.0. The molecule has 0 aliphatic heterocycles. The van der Waals surface area contributed by atoms with Crippen LogP contribution in [0.25, 0.3) is 10.2 Å². The molecule has 0 bridgehead atoms. The summed E-state index contributed by atoms with van der Waals surface area (Å²) in [5.74, 6) is -0.386. The van der Waals surface area contributed by atoms with E-state index in [-0.39, 0.29) is 23.7 Å². The van der Waals surface area contributed by atoms with E-state index >= 15 is 0 Å². The number of thiazole rings is 1. The highest BCUT2D eigenvalue weighted by Crippen LogP contribution is 2.29. The van der Waals surface area contributed by atoms with E-state index in [1.54, 1.807) is 6.07 Å². The highest BCUT2D eigenvalue weighted by Gasteiger charge is 2.13. The SMILES string of the molecule is O=[N+]([O-])c1ccc(O)c(Cc2nc3cc(F)ccc3s2)c1. The molecule has 0 atom stereocenters. The molecule has 5 nitrogen and oxygen atoms in total. The predicted molar refractivity (Wildman–Crippen MR) is 77.1 cm³/mol. The number of hydrogen-bond donors (Lipinski definition) is 1. The lowest BCUT2D eigenvalue weighted by Gasteiger charge is -2.01. The van der Waals surface area contributed by atoms with Gasteiger partial charge < -0.3 is 5.11 Å².